The Morgan fingerprint density at radius 1 is 1.11 bits per heavy atom. The van der Waals surface area contributed by atoms with Gasteiger partial charge in [-0.3, -0.25) is 0 Å². The summed E-state index contributed by atoms with van der Waals surface area (Å²) < 4.78 is 13.5. The van der Waals surface area contributed by atoms with Gasteiger partial charge in [0, 0.05) is 19.3 Å². The summed E-state index contributed by atoms with van der Waals surface area (Å²) in [5.41, 5.74) is 10.2. The van der Waals surface area contributed by atoms with E-state index in [1.807, 2.05) is 18.0 Å². The highest BCUT2D eigenvalue weighted by atomic mass is 19.1. The van der Waals surface area contributed by atoms with Crippen LogP contribution >= 0.6 is 0 Å². The van der Waals surface area contributed by atoms with Gasteiger partial charge in [0.05, 0.1) is 5.69 Å². The molecule has 0 fully saturated rings. The number of anilines is 2. The van der Waals surface area contributed by atoms with E-state index in [2.05, 4.69) is 32.0 Å². The fourth-order valence-corrected chi connectivity index (χ4v) is 2.07. The molecule has 3 heteroatoms. The van der Waals surface area contributed by atoms with Crippen molar-refractivity contribution in [2.24, 2.45) is 0 Å². The molecular formula is C16H19FN2. The fraction of sp³-hybridized carbons (Fsp3) is 0.250. The topological polar surface area (TPSA) is 29.3 Å². The average Bonchev–Trinajstić information content (AvgIpc) is 2.37. The van der Waals surface area contributed by atoms with Gasteiger partial charge in [-0.1, -0.05) is 23.8 Å². The van der Waals surface area contributed by atoms with E-state index in [4.69, 9.17) is 5.73 Å². The molecule has 100 valence electrons. The van der Waals surface area contributed by atoms with Gasteiger partial charge in [0.25, 0.3) is 0 Å². The summed E-state index contributed by atoms with van der Waals surface area (Å²) in [5, 5.41) is 0. The minimum atomic E-state index is -0.370. The van der Waals surface area contributed by atoms with Gasteiger partial charge < -0.3 is 10.6 Å². The second-order valence-electron chi connectivity index (χ2n) is 4.99. The molecule has 19 heavy (non-hydrogen) atoms. The van der Waals surface area contributed by atoms with Crippen molar-refractivity contribution >= 4 is 11.4 Å². The van der Waals surface area contributed by atoms with Crippen molar-refractivity contribution in [1.29, 1.82) is 0 Å². The van der Waals surface area contributed by atoms with Gasteiger partial charge in [0.15, 0.2) is 0 Å². The van der Waals surface area contributed by atoms with Gasteiger partial charge in [-0.15, -0.1) is 0 Å². The summed E-state index contributed by atoms with van der Waals surface area (Å²) in [6.07, 6.45) is 0. The van der Waals surface area contributed by atoms with Crippen LogP contribution in [0.5, 0.6) is 0 Å². The van der Waals surface area contributed by atoms with Gasteiger partial charge in [-0.25, -0.2) is 4.39 Å². The molecule has 0 aliphatic rings. The average molecular weight is 258 g/mol. The molecule has 0 bridgehead atoms. The number of rotatable bonds is 3. The predicted molar refractivity (Wildman–Crippen MR) is 78.8 cm³/mol. The third kappa shape index (κ3) is 3.05. The van der Waals surface area contributed by atoms with Crippen LogP contribution in [0.4, 0.5) is 15.8 Å². The summed E-state index contributed by atoms with van der Waals surface area (Å²) in [6, 6.07) is 11.3. The Morgan fingerprint density at radius 2 is 1.84 bits per heavy atom. The highest BCUT2D eigenvalue weighted by Crippen LogP contribution is 2.21. The molecule has 2 nitrogen and oxygen atoms in total. The molecule has 0 radical (unpaired) electrons. The van der Waals surface area contributed by atoms with Crippen molar-refractivity contribution in [3.8, 4) is 0 Å². The number of nitrogen functional groups attached to an aromatic ring is 1. The largest absolute Gasteiger partial charge is 0.396 e. The Morgan fingerprint density at radius 3 is 2.53 bits per heavy atom. The number of nitrogens with zero attached hydrogens (tertiary/aromatic N) is 1. The van der Waals surface area contributed by atoms with E-state index >= 15 is 0 Å². The van der Waals surface area contributed by atoms with Crippen LogP contribution < -0.4 is 10.6 Å². The SMILES string of the molecule is Cc1ccc(C)c(CN(C)c2ccc(N)c(F)c2)c1. The summed E-state index contributed by atoms with van der Waals surface area (Å²) in [5.74, 6) is -0.370. The summed E-state index contributed by atoms with van der Waals surface area (Å²) in [6.45, 7) is 4.91. The maximum Gasteiger partial charge on any atom is 0.148 e. The summed E-state index contributed by atoms with van der Waals surface area (Å²) in [4.78, 5) is 2.02. The van der Waals surface area contributed by atoms with Gasteiger partial charge in [-0.2, -0.15) is 0 Å². The quantitative estimate of drug-likeness (QED) is 0.851. The molecule has 0 heterocycles. The molecule has 2 aromatic carbocycles. The van der Waals surface area contributed by atoms with Crippen molar-refractivity contribution in [3.05, 3.63) is 58.9 Å². The van der Waals surface area contributed by atoms with Crippen LogP contribution in [0.3, 0.4) is 0 Å². The molecule has 0 amide bonds. The molecule has 0 aliphatic heterocycles. The molecule has 2 rings (SSSR count). The van der Waals surface area contributed by atoms with E-state index in [0.717, 1.165) is 12.2 Å². The summed E-state index contributed by atoms with van der Waals surface area (Å²) >= 11 is 0. The Balaban J connectivity index is 2.22. The molecular weight excluding hydrogens is 239 g/mol. The van der Waals surface area contributed by atoms with E-state index in [9.17, 15) is 4.39 Å². The minimum absolute atomic E-state index is 0.184. The molecule has 2 N–H and O–H groups in total. The first-order chi connectivity index (χ1) is 8.97. The third-order valence-electron chi connectivity index (χ3n) is 3.34. The molecule has 0 saturated carbocycles. The standard InChI is InChI=1S/C16H19FN2/c1-11-4-5-12(2)13(8-11)10-19(3)14-6-7-16(18)15(17)9-14/h4-9H,10,18H2,1-3H3. The Hall–Kier alpha value is -2.03. The third-order valence-corrected chi connectivity index (χ3v) is 3.34. The van der Waals surface area contributed by atoms with E-state index in [0.29, 0.717) is 0 Å². The van der Waals surface area contributed by atoms with Crippen LogP contribution in [0, 0.1) is 19.7 Å². The van der Waals surface area contributed by atoms with Crippen LogP contribution in [0.25, 0.3) is 0 Å². The lowest BCUT2D eigenvalue weighted by molar-refractivity contribution is 0.632. The molecule has 0 atom stereocenters. The lowest BCUT2D eigenvalue weighted by atomic mass is 10.1. The fourth-order valence-electron chi connectivity index (χ4n) is 2.07. The van der Waals surface area contributed by atoms with Crippen molar-refractivity contribution in [1.82, 2.24) is 0 Å². The maximum absolute atomic E-state index is 13.5. The lowest BCUT2D eigenvalue weighted by Gasteiger charge is -2.21. The highest BCUT2D eigenvalue weighted by Gasteiger charge is 2.07. The Bertz CT molecular complexity index is 593. The molecule has 2 aromatic rings. The van der Waals surface area contributed by atoms with E-state index in [1.54, 1.807) is 6.07 Å². The van der Waals surface area contributed by atoms with Gasteiger partial charge in [0.2, 0.25) is 0 Å². The lowest BCUT2D eigenvalue weighted by Crippen LogP contribution is -2.17. The highest BCUT2D eigenvalue weighted by molar-refractivity contribution is 5.54. The molecule has 0 spiro atoms. The van der Waals surface area contributed by atoms with Crippen LogP contribution in [0.2, 0.25) is 0 Å². The van der Waals surface area contributed by atoms with Crippen LogP contribution in [-0.4, -0.2) is 7.05 Å². The molecule has 0 aliphatic carbocycles. The first kappa shape index (κ1) is 13.4. The van der Waals surface area contributed by atoms with Crippen LogP contribution in [0.15, 0.2) is 36.4 Å². The van der Waals surface area contributed by atoms with Crippen molar-refractivity contribution in [2.45, 2.75) is 20.4 Å². The zero-order valence-electron chi connectivity index (χ0n) is 11.6. The second kappa shape index (κ2) is 5.31. The van der Waals surface area contributed by atoms with E-state index in [1.165, 1.54) is 22.8 Å². The number of halogens is 1. The predicted octanol–water partition coefficient (Wildman–Crippen LogP) is 3.66. The van der Waals surface area contributed by atoms with Crippen molar-refractivity contribution in [3.63, 3.8) is 0 Å². The van der Waals surface area contributed by atoms with Gasteiger partial charge in [-0.05, 0) is 43.2 Å². The zero-order valence-corrected chi connectivity index (χ0v) is 11.6. The molecule has 0 aromatic heterocycles. The number of hydrogen-bond acceptors (Lipinski definition) is 2. The van der Waals surface area contributed by atoms with Gasteiger partial charge >= 0.3 is 0 Å². The van der Waals surface area contributed by atoms with Crippen molar-refractivity contribution < 1.29 is 4.39 Å². The molecule has 0 unspecified atom stereocenters. The van der Waals surface area contributed by atoms with Crippen molar-refractivity contribution in [2.75, 3.05) is 17.7 Å². The van der Waals surface area contributed by atoms with E-state index < -0.39 is 0 Å². The first-order valence-electron chi connectivity index (χ1n) is 6.29. The Kier molecular flexibility index (Phi) is 3.74. The van der Waals surface area contributed by atoms with Gasteiger partial charge in [0.1, 0.15) is 5.82 Å². The monoisotopic (exact) mass is 258 g/mol. The normalized spacial score (nSPS) is 10.5. The number of aryl methyl sites for hydroxylation is 2. The zero-order chi connectivity index (χ0) is 14.0. The van der Waals surface area contributed by atoms with Crippen LogP contribution in [0.1, 0.15) is 16.7 Å². The number of nitrogens with two attached hydrogens (primary N) is 1. The van der Waals surface area contributed by atoms with Crippen LogP contribution in [-0.2, 0) is 6.54 Å². The minimum Gasteiger partial charge on any atom is -0.396 e. The molecule has 0 saturated heterocycles. The Labute approximate surface area is 113 Å². The summed E-state index contributed by atoms with van der Waals surface area (Å²) in [7, 11) is 1.95. The van der Waals surface area contributed by atoms with E-state index in [-0.39, 0.29) is 11.5 Å². The maximum atomic E-state index is 13.5. The smallest absolute Gasteiger partial charge is 0.148 e. The first-order valence-corrected chi connectivity index (χ1v) is 6.29. The number of hydrogen-bond donors (Lipinski definition) is 1. The number of benzene rings is 2. The second-order valence-corrected chi connectivity index (χ2v) is 4.99.